The molecule has 1 aliphatic heterocycles. The van der Waals surface area contributed by atoms with Gasteiger partial charge in [-0.05, 0) is 54.0 Å². The Morgan fingerprint density at radius 3 is 3.04 bits per heavy atom. The number of carbonyl (C=O) groups excluding carboxylic acids is 1. The van der Waals surface area contributed by atoms with E-state index in [1.165, 1.54) is 25.7 Å². The average Bonchev–Trinajstić information content (AvgIpc) is 3.39. The molecule has 134 valence electrons. The van der Waals surface area contributed by atoms with E-state index in [2.05, 4.69) is 43.0 Å². The van der Waals surface area contributed by atoms with Crippen LogP contribution in [0.2, 0.25) is 0 Å². The Hall–Kier alpha value is -1.56. The highest BCUT2D eigenvalue weighted by atomic mass is 79.9. The van der Waals surface area contributed by atoms with Crippen LogP contribution in [0.25, 0.3) is 11.0 Å². The van der Waals surface area contributed by atoms with Crippen molar-refractivity contribution in [3.05, 3.63) is 16.9 Å². The molecular weight excluding hydrogens is 380 g/mol. The van der Waals surface area contributed by atoms with E-state index in [-0.39, 0.29) is 11.8 Å². The fourth-order valence-electron chi connectivity index (χ4n) is 3.96. The first-order valence-corrected chi connectivity index (χ1v) is 10.2. The number of H-pyrrole nitrogens is 1. The number of rotatable bonds is 5. The molecule has 2 N–H and O–H groups in total. The molecule has 0 bridgehead atoms. The third-order valence-corrected chi connectivity index (χ3v) is 5.95. The summed E-state index contributed by atoms with van der Waals surface area (Å²) in [5.41, 5.74) is 2.85. The molecule has 2 aliphatic rings. The fraction of sp³-hybridized carbons (Fsp3) is 0.579. The maximum atomic E-state index is 12.3. The zero-order valence-corrected chi connectivity index (χ0v) is 16.2. The molecule has 1 saturated carbocycles. The maximum absolute atomic E-state index is 12.3. The molecular formula is C19H25BrN4O. The molecule has 1 saturated heterocycles. The maximum Gasteiger partial charge on any atom is 0.227 e. The number of anilines is 2. The van der Waals surface area contributed by atoms with Crippen LogP contribution in [-0.2, 0) is 4.79 Å². The van der Waals surface area contributed by atoms with Gasteiger partial charge >= 0.3 is 0 Å². The number of aromatic nitrogens is 2. The van der Waals surface area contributed by atoms with Crippen molar-refractivity contribution < 1.29 is 4.79 Å². The number of nitrogens with zero attached hydrogens (tertiary/aromatic N) is 2. The highest BCUT2D eigenvalue weighted by Gasteiger charge is 2.31. The van der Waals surface area contributed by atoms with Gasteiger partial charge in [-0.15, -0.1) is 0 Å². The zero-order chi connectivity index (χ0) is 17.4. The Morgan fingerprint density at radius 2 is 2.28 bits per heavy atom. The summed E-state index contributed by atoms with van der Waals surface area (Å²) >= 11 is 3.71. The predicted octanol–water partition coefficient (Wildman–Crippen LogP) is 4.69. The summed E-state index contributed by atoms with van der Waals surface area (Å²) in [5, 5.41) is 4.14. The summed E-state index contributed by atoms with van der Waals surface area (Å²) in [5.74, 6) is 1.07. The molecule has 0 radical (unpaired) electrons. The molecule has 1 atom stereocenters. The van der Waals surface area contributed by atoms with Crippen molar-refractivity contribution >= 4 is 44.2 Å². The monoisotopic (exact) mass is 404 g/mol. The molecule has 5 nitrogen and oxygen atoms in total. The quantitative estimate of drug-likeness (QED) is 0.759. The Bertz CT molecular complexity index is 781. The van der Waals surface area contributed by atoms with Gasteiger partial charge < -0.3 is 15.2 Å². The normalized spacial score (nSPS) is 20.9. The summed E-state index contributed by atoms with van der Waals surface area (Å²) in [6.45, 7) is 4.39. The van der Waals surface area contributed by atoms with E-state index in [1.54, 1.807) is 0 Å². The number of aromatic amines is 1. The van der Waals surface area contributed by atoms with Crippen molar-refractivity contribution in [3.63, 3.8) is 0 Å². The van der Waals surface area contributed by atoms with Crippen molar-refractivity contribution in [1.29, 1.82) is 0 Å². The van der Waals surface area contributed by atoms with Gasteiger partial charge in [0.2, 0.25) is 5.91 Å². The lowest BCUT2D eigenvalue weighted by Crippen LogP contribution is -2.35. The Kier molecular flexibility index (Phi) is 4.71. The van der Waals surface area contributed by atoms with Crippen LogP contribution >= 0.6 is 15.9 Å². The third kappa shape index (κ3) is 3.41. The fourth-order valence-corrected chi connectivity index (χ4v) is 4.51. The first-order valence-electron chi connectivity index (χ1n) is 9.38. The van der Waals surface area contributed by atoms with Gasteiger partial charge in [-0.3, -0.25) is 4.79 Å². The minimum atomic E-state index is 0.134. The average molecular weight is 405 g/mol. The minimum absolute atomic E-state index is 0.134. The van der Waals surface area contributed by atoms with Gasteiger partial charge in [0, 0.05) is 31.4 Å². The molecule has 0 unspecified atom stereocenters. The van der Waals surface area contributed by atoms with Gasteiger partial charge in [0.05, 0.1) is 21.2 Å². The van der Waals surface area contributed by atoms with E-state index in [0.29, 0.717) is 0 Å². The van der Waals surface area contributed by atoms with E-state index < -0.39 is 0 Å². The Labute approximate surface area is 156 Å². The lowest BCUT2D eigenvalue weighted by atomic mass is 9.93. The van der Waals surface area contributed by atoms with Crippen LogP contribution in [0.5, 0.6) is 0 Å². The van der Waals surface area contributed by atoms with Crippen molar-refractivity contribution in [3.8, 4) is 0 Å². The van der Waals surface area contributed by atoms with Crippen LogP contribution < -0.4 is 10.2 Å². The van der Waals surface area contributed by atoms with Gasteiger partial charge in [-0.25, -0.2) is 4.98 Å². The molecule has 0 aromatic carbocycles. The van der Waals surface area contributed by atoms with E-state index in [1.807, 2.05) is 12.4 Å². The summed E-state index contributed by atoms with van der Waals surface area (Å²) in [6.07, 6.45) is 10.8. The smallest absolute Gasteiger partial charge is 0.227 e. The van der Waals surface area contributed by atoms with Crippen LogP contribution in [0.1, 0.15) is 45.4 Å². The van der Waals surface area contributed by atoms with Crippen LogP contribution in [0.3, 0.4) is 0 Å². The topological polar surface area (TPSA) is 61.0 Å². The highest BCUT2D eigenvalue weighted by molar-refractivity contribution is 9.10. The van der Waals surface area contributed by atoms with E-state index >= 15 is 0 Å². The second-order valence-electron chi connectivity index (χ2n) is 7.39. The van der Waals surface area contributed by atoms with Crippen molar-refractivity contribution in [2.24, 2.45) is 11.8 Å². The van der Waals surface area contributed by atoms with E-state index in [4.69, 9.17) is 0 Å². The van der Waals surface area contributed by atoms with Crippen LogP contribution in [-0.4, -0.2) is 29.0 Å². The summed E-state index contributed by atoms with van der Waals surface area (Å²) in [7, 11) is 0. The van der Waals surface area contributed by atoms with Crippen molar-refractivity contribution in [2.75, 3.05) is 23.3 Å². The molecule has 2 aromatic rings. The minimum Gasteiger partial charge on any atom is -0.370 e. The lowest BCUT2D eigenvalue weighted by Gasteiger charge is -2.35. The van der Waals surface area contributed by atoms with Gasteiger partial charge in [0.25, 0.3) is 0 Å². The molecule has 0 spiro atoms. The SMILES string of the molecule is CCC[C@@H]1CCCN(c2c(Br)cnc3[nH]cc(NC(=O)C4CC4)c23)C1. The largest absolute Gasteiger partial charge is 0.370 e. The number of hydrogen-bond donors (Lipinski definition) is 2. The molecule has 4 rings (SSSR count). The van der Waals surface area contributed by atoms with Crippen LogP contribution in [0.15, 0.2) is 16.9 Å². The molecule has 3 heterocycles. The number of hydrogen-bond acceptors (Lipinski definition) is 3. The Balaban J connectivity index is 1.70. The van der Waals surface area contributed by atoms with Gasteiger partial charge in [-0.2, -0.15) is 0 Å². The van der Waals surface area contributed by atoms with Crippen LogP contribution in [0.4, 0.5) is 11.4 Å². The third-order valence-electron chi connectivity index (χ3n) is 5.37. The summed E-state index contributed by atoms with van der Waals surface area (Å²) in [6, 6.07) is 0. The number of nitrogens with one attached hydrogen (secondary N) is 2. The molecule has 2 fully saturated rings. The second-order valence-corrected chi connectivity index (χ2v) is 8.24. The van der Waals surface area contributed by atoms with E-state index in [0.717, 1.165) is 58.7 Å². The van der Waals surface area contributed by atoms with Crippen molar-refractivity contribution in [2.45, 2.75) is 45.4 Å². The number of piperidine rings is 1. The number of halogens is 1. The predicted molar refractivity (Wildman–Crippen MR) is 105 cm³/mol. The molecule has 6 heteroatoms. The van der Waals surface area contributed by atoms with Gasteiger partial charge in [0.1, 0.15) is 5.65 Å². The lowest BCUT2D eigenvalue weighted by molar-refractivity contribution is -0.117. The van der Waals surface area contributed by atoms with Crippen molar-refractivity contribution in [1.82, 2.24) is 9.97 Å². The highest BCUT2D eigenvalue weighted by Crippen LogP contribution is 2.40. The zero-order valence-electron chi connectivity index (χ0n) is 14.6. The molecule has 25 heavy (non-hydrogen) atoms. The molecule has 1 amide bonds. The summed E-state index contributed by atoms with van der Waals surface area (Å²) < 4.78 is 0.999. The Morgan fingerprint density at radius 1 is 1.44 bits per heavy atom. The summed E-state index contributed by atoms with van der Waals surface area (Å²) in [4.78, 5) is 22.4. The second kappa shape index (κ2) is 6.98. The first-order chi connectivity index (χ1) is 12.2. The van der Waals surface area contributed by atoms with E-state index in [9.17, 15) is 4.79 Å². The number of fused-ring (bicyclic) bond motifs is 1. The molecule has 2 aromatic heterocycles. The first kappa shape index (κ1) is 16.9. The van der Waals surface area contributed by atoms with Gasteiger partial charge in [0.15, 0.2) is 0 Å². The van der Waals surface area contributed by atoms with Crippen LogP contribution in [0, 0.1) is 11.8 Å². The molecule has 1 aliphatic carbocycles. The number of amides is 1. The number of pyridine rings is 1. The standard InChI is InChI=1S/C19H25BrN4O/c1-2-4-12-5-3-8-24(11-12)17-14(20)9-21-18-16(17)15(10-22-18)23-19(25)13-6-7-13/h9-10,12-13H,2-8,11H2,1H3,(H,21,22)(H,23,25)/t12-/m1/s1. The van der Waals surface area contributed by atoms with Gasteiger partial charge in [-0.1, -0.05) is 13.3 Å². The number of carbonyl (C=O) groups is 1.